The van der Waals surface area contributed by atoms with Crippen LogP contribution in [0.1, 0.15) is 0 Å². The molecule has 0 spiro atoms. The lowest BCUT2D eigenvalue weighted by Crippen LogP contribution is -2.53. The highest BCUT2D eigenvalue weighted by molar-refractivity contribution is 7.54. The lowest BCUT2D eigenvalue weighted by atomic mass is 9.98. The zero-order valence-electron chi connectivity index (χ0n) is 17.7. The van der Waals surface area contributed by atoms with Gasteiger partial charge < -0.3 is 29.0 Å². The van der Waals surface area contributed by atoms with Crippen LogP contribution in [0.2, 0.25) is 0 Å². The second kappa shape index (κ2) is 10.4. The van der Waals surface area contributed by atoms with Crippen molar-refractivity contribution in [3.63, 3.8) is 0 Å². The van der Waals surface area contributed by atoms with Gasteiger partial charge in [-0.1, -0.05) is 0 Å². The van der Waals surface area contributed by atoms with E-state index in [0.29, 0.717) is 39.4 Å². The highest BCUT2D eigenvalue weighted by atomic mass is 31.2. The maximum Gasteiger partial charge on any atom is 0.346 e. The highest BCUT2D eigenvalue weighted by Crippen LogP contribution is 2.55. The van der Waals surface area contributed by atoms with E-state index in [-0.39, 0.29) is 24.2 Å². The highest BCUT2D eigenvalue weighted by Gasteiger charge is 2.44. The van der Waals surface area contributed by atoms with Crippen LogP contribution in [0.3, 0.4) is 0 Å². The Bertz CT molecular complexity index is 535. The van der Waals surface area contributed by atoms with E-state index >= 15 is 0 Å². The minimum atomic E-state index is -3.18. The molecule has 0 aromatic carbocycles. The van der Waals surface area contributed by atoms with E-state index in [2.05, 4.69) is 25.1 Å². The Hall–Kier alpha value is 0.0399. The molecule has 12 heteroatoms. The Morgan fingerprint density at radius 1 is 1.00 bits per heavy atom. The van der Waals surface area contributed by atoms with Crippen LogP contribution in [-0.4, -0.2) is 134 Å². The number of nitrogens with one attached hydrogen (secondary N) is 1. The minimum absolute atomic E-state index is 0.0224. The molecular weight excluding hydrogens is 381 g/mol. The average Bonchev–Trinajstić information content (AvgIpc) is 2.66. The summed E-state index contributed by atoms with van der Waals surface area (Å²) in [5.41, 5.74) is 0. The number of methoxy groups -OCH3 is 1. The molecule has 0 radical (unpaired) electrons. The third kappa shape index (κ3) is 5.80. The van der Waals surface area contributed by atoms with Gasteiger partial charge in [0.2, 0.25) is 0 Å². The van der Waals surface area contributed by atoms with Crippen molar-refractivity contribution in [3.05, 3.63) is 0 Å². The number of hydrogen-bond acceptors (Lipinski definition) is 7. The van der Waals surface area contributed by atoms with Gasteiger partial charge in [0.05, 0.1) is 25.4 Å². The van der Waals surface area contributed by atoms with E-state index in [4.69, 9.17) is 18.7 Å². The van der Waals surface area contributed by atoms with Gasteiger partial charge in [0, 0.05) is 71.5 Å². The van der Waals surface area contributed by atoms with Crippen LogP contribution >= 0.6 is 7.67 Å². The van der Waals surface area contributed by atoms with E-state index in [1.165, 1.54) is 0 Å². The van der Waals surface area contributed by atoms with Crippen molar-refractivity contribution in [2.75, 3.05) is 79.7 Å². The standard InChI is InChI=1S/C16H35B2N4O5P/c1-20-7-13(26-15(17)9-20)12-25-28(23,21-5-3-19-4-6-21)22-8-14(11-24-2)27-16(18)10-22/h13-16,19H,3-12,17-18H2,1-2H3. The number of likely N-dealkylation sites (N-methyl/N-ethyl adjacent to an activating group) is 1. The van der Waals surface area contributed by atoms with Crippen molar-refractivity contribution in [2.45, 2.75) is 24.2 Å². The number of rotatable bonds is 7. The minimum Gasteiger partial charge on any atom is -0.382 e. The Kier molecular flexibility index (Phi) is 8.42. The van der Waals surface area contributed by atoms with Crippen molar-refractivity contribution in [2.24, 2.45) is 0 Å². The topological polar surface area (TPSA) is 75.7 Å². The summed E-state index contributed by atoms with van der Waals surface area (Å²) >= 11 is 0. The zero-order valence-corrected chi connectivity index (χ0v) is 18.6. The Morgan fingerprint density at radius 3 is 2.29 bits per heavy atom. The molecule has 3 aliphatic rings. The monoisotopic (exact) mass is 416 g/mol. The summed E-state index contributed by atoms with van der Waals surface area (Å²) in [6.07, 6.45) is -0.177. The largest absolute Gasteiger partial charge is 0.382 e. The van der Waals surface area contributed by atoms with Crippen LogP contribution in [0, 0.1) is 0 Å². The fraction of sp³-hybridized carbons (Fsp3) is 1.00. The smallest absolute Gasteiger partial charge is 0.346 e. The van der Waals surface area contributed by atoms with Crippen LogP contribution in [0.4, 0.5) is 0 Å². The average molecular weight is 416 g/mol. The Balaban J connectivity index is 1.72. The van der Waals surface area contributed by atoms with Gasteiger partial charge in [-0.3, -0.25) is 4.57 Å². The molecule has 1 N–H and O–H groups in total. The first-order chi connectivity index (χ1) is 13.4. The first-order valence-corrected chi connectivity index (χ1v) is 11.9. The van der Waals surface area contributed by atoms with E-state index in [1.807, 2.05) is 17.2 Å². The van der Waals surface area contributed by atoms with E-state index in [1.54, 1.807) is 7.11 Å². The molecular formula is C16H35B2N4O5P. The molecule has 5 atom stereocenters. The molecule has 3 fully saturated rings. The van der Waals surface area contributed by atoms with Crippen LogP contribution in [0.5, 0.6) is 0 Å². The van der Waals surface area contributed by atoms with Crippen molar-refractivity contribution in [1.29, 1.82) is 0 Å². The number of hydrogen-bond donors (Lipinski definition) is 1. The first kappa shape index (κ1) is 22.7. The molecule has 9 nitrogen and oxygen atoms in total. The second-order valence-corrected chi connectivity index (χ2v) is 10.5. The summed E-state index contributed by atoms with van der Waals surface area (Å²) in [5.74, 6) is 0. The molecule has 0 saturated carbocycles. The van der Waals surface area contributed by atoms with Crippen LogP contribution in [0.25, 0.3) is 0 Å². The number of ether oxygens (including phenoxy) is 3. The quantitative estimate of drug-likeness (QED) is 0.362. The third-order valence-electron chi connectivity index (χ3n) is 5.41. The molecule has 28 heavy (non-hydrogen) atoms. The molecule has 0 bridgehead atoms. The molecule has 160 valence electrons. The van der Waals surface area contributed by atoms with E-state index in [0.717, 1.165) is 26.2 Å². The lowest BCUT2D eigenvalue weighted by Gasteiger charge is -2.45. The predicted octanol–water partition coefficient (Wildman–Crippen LogP) is -2.39. The fourth-order valence-corrected chi connectivity index (χ4v) is 6.88. The van der Waals surface area contributed by atoms with Crippen molar-refractivity contribution in [1.82, 2.24) is 19.6 Å². The molecule has 0 aromatic rings. The lowest BCUT2D eigenvalue weighted by molar-refractivity contribution is -0.0734. The third-order valence-corrected chi connectivity index (χ3v) is 8.05. The Labute approximate surface area is 170 Å². The number of nitrogens with zero attached hydrogens (tertiary/aromatic N) is 3. The van der Waals surface area contributed by atoms with Crippen molar-refractivity contribution in [3.8, 4) is 0 Å². The molecule has 3 saturated heterocycles. The Morgan fingerprint density at radius 2 is 1.64 bits per heavy atom. The molecule has 0 aliphatic carbocycles. The molecule has 3 aliphatic heterocycles. The molecule has 3 rings (SSSR count). The predicted molar refractivity (Wildman–Crippen MR) is 113 cm³/mol. The normalized spacial score (nSPS) is 36.2. The van der Waals surface area contributed by atoms with Gasteiger partial charge in [0.15, 0.2) is 0 Å². The van der Waals surface area contributed by atoms with Gasteiger partial charge in [-0.05, 0) is 7.05 Å². The van der Waals surface area contributed by atoms with Gasteiger partial charge in [-0.15, -0.1) is 0 Å². The summed E-state index contributed by atoms with van der Waals surface area (Å²) in [6, 6.07) is 0.131. The maximum atomic E-state index is 14.3. The fourth-order valence-electron chi connectivity index (χ4n) is 4.30. The van der Waals surface area contributed by atoms with E-state index in [9.17, 15) is 4.57 Å². The van der Waals surface area contributed by atoms with E-state index < -0.39 is 7.67 Å². The molecule has 3 heterocycles. The van der Waals surface area contributed by atoms with Gasteiger partial charge in [0.1, 0.15) is 15.7 Å². The SMILES string of the molecule is BC1CN(C)CC(COP(=O)(N2CCNCC2)N2CC(B)OC(COC)C2)O1. The van der Waals surface area contributed by atoms with Crippen LogP contribution < -0.4 is 5.32 Å². The van der Waals surface area contributed by atoms with Crippen molar-refractivity contribution >= 4 is 23.4 Å². The summed E-state index contributed by atoms with van der Waals surface area (Å²) in [4.78, 5) is 2.24. The number of morpholine rings is 2. The van der Waals surface area contributed by atoms with Crippen LogP contribution in [0.15, 0.2) is 0 Å². The van der Waals surface area contributed by atoms with Crippen molar-refractivity contribution < 1.29 is 23.3 Å². The summed E-state index contributed by atoms with van der Waals surface area (Å²) in [7, 11) is 4.64. The molecule has 0 aromatic heterocycles. The number of piperazine rings is 1. The van der Waals surface area contributed by atoms with Gasteiger partial charge in [-0.2, -0.15) is 0 Å². The summed E-state index contributed by atoms with van der Waals surface area (Å²) in [6.45, 7) is 6.68. The first-order valence-electron chi connectivity index (χ1n) is 10.3. The molecule has 5 unspecified atom stereocenters. The zero-order chi connectivity index (χ0) is 20.1. The van der Waals surface area contributed by atoms with Crippen LogP contribution in [-0.2, 0) is 23.3 Å². The van der Waals surface area contributed by atoms with Gasteiger partial charge >= 0.3 is 7.67 Å². The summed E-state index contributed by atoms with van der Waals surface area (Å²) < 4.78 is 41.8. The molecule has 0 amide bonds. The van der Waals surface area contributed by atoms with Gasteiger partial charge in [0.25, 0.3) is 0 Å². The van der Waals surface area contributed by atoms with Gasteiger partial charge in [-0.25, -0.2) is 9.34 Å². The summed E-state index contributed by atoms with van der Waals surface area (Å²) in [5, 5.41) is 3.33. The second-order valence-electron chi connectivity index (χ2n) is 8.18. The maximum absolute atomic E-state index is 14.3.